The summed E-state index contributed by atoms with van der Waals surface area (Å²) >= 11 is 6.14. The smallest absolute Gasteiger partial charge is 0.222 e. The standard InChI is InChI=1S/C15H18ClN5/c16-14-12(4-1-6-17-14)10-21-9-2-5-13(11-21)20-15-18-7-3-8-19-15/h1,3-4,6-8,13H,2,5,9-11H2,(H,18,19,20). The summed E-state index contributed by atoms with van der Waals surface area (Å²) < 4.78 is 0. The fourth-order valence-corrected chi connectivity index (χ4v) is 2.83. The highest BCUT2D eigenvalue weighted by Crippen LogP contribution is 2.19. The molecule has 1 unspecified atom stereocenters. The maximum absolute atomic E-state index is 6.14. The highest BCUT2D eigenvalue weighted by Gasteiger charge is 2.21. The summed E-state index contributed by atoms with van der Waals surface area (Å²) in [5, 5.41) is 3.99. The zero-order chi connectivity index (χ0) is 14.5. The first kappa shape index (κ1) is 14.2. The summed E-state index contributed by atoms with van der Waals surface area (Å²) in [7, 11) is 0. The molecule has 0 amide bonds. The number of nitrogens with zero attached hydrogens (tertiary/aromatic N) is 4. The minimum atomic E-state index is 0.372. The molecule has 1 saturated heterocycles. The normalized spacial score (nSPS) is 19.4. The van der Waals surface area contributed by atoms with E-state index in [1.54, 1.807) is 18.6 Å². The Balaban J connectivity index is 1.60. The fraction of sp³-hybridized carbons (Fsp3) is 0.400. The average molecular weight is 304 g/mol. The second kappa shape index (κ2) is 6.83. The number of piperidine rings is 1. The first-order valence-electron chi connectivity index (χ1n) is 7.16. The predicted octanol–water partition coefficient (Wildman–Crippen LogP) is 2.60. The van der Waals surface area contributed by atoms with Gasteiger partial charge in [0.15, 0.2) is 0 Å². The maximum Gasteiger partial charge on any atom is 0.222 e. The zero-order valence-corrected chi connectivity index (χ0v) is 12.5. The first-order valence-corrected chi connectivity index (χ1v) is 7.54. The van der Waals surface area contributed by atoms with E-state index in [1.807, 2.05) is 18.2 Å². The molecule has 3 heterocycles. The molecule has 1 atom stereocenters. The van der Waals surface area contributed by atoms with Gasteiger partial charge in [0.2, 0.25) is 5.95 Å². The van der Waals surface area contributed by atoms with E-state index < -0.39 is 0 Å². The molecule has 0 spiro atoms. The molecule has 1 N–H and O–H groups in total. The Labute approximate surface area is 129 Å². The Morgan fingerprint density at radius 3 is 2.81 bits per heavy atom. The Hall–Kier alpha value is -1.72. The molecule has 1 aliphatic heterocycles. The Bertz CT molecular complexity index is 577. The van der Waals surface area contributed by atoms with Gasteiger partial charge >= 0.3 is 0 Å². The Morgan fingerprint density at radius 2 is 2.00 bits per heavy atom. The number of anilines is 1. The van der Waals surface area contributed by atoms with Gasteiger partial charge in [0.05, 0.1) is 0 Å². The molecule has 1 aliphatic rings. The summed E-state index contributed by atoms with van der Waals surface area (Å²) in [6.45, 7) is 2.88. The van der Waals surface area contributed by atoms with Crippen molar-refractivity contribution in [3.8, 4) is 0 Å². The summed E-state index contributed by atoms with van der Waals surface area (Å²) in [4.78, 5) is 15.0. The second-order valence-corrected chi connectivity index (χ2v) is 5.60. The molecule has 0 aliphatic carbocycles. The molecule has 21 heavy (non-hydrogen) atoms. The van der Waals surface area contributed by atoms with E-state index in [0.717, 1.165) is 38.0 Å². The molecule has 2 aromatic heterocycles. The molecule has 1 fully saturated rings. The third-order valence-electron chi connectivity index (χ3n) is 3.63. The number of likely N-dealkylation sites (tertiary alicyclic amines) is 1. The van der Waals surface area contributed by atoms with E-state index in [0.29, 0.717) is 17.1 Å². The van der Waals surface area contributed by atoms with Crippen molar-refractivity contribution in [1.29, 1.82) is 0 Å². The minimum absolute atomic E-state index is 0.372. The van der Waals surface area contributed by atoms with Gasteiger partial charge in [-0.25, -0.2) is 15.0 Å². The number of hydrogen-bond acceptors (Lipinski definition) is 5. The van der Waals surface area contributed by atoms with Gasteiger partial charge in [-0.1, -0.05) is 17.7 Å². The van der Waals surface area contributed by atoms with Crippen LogP contribution in [0.3, 0.4) is 0 Å². The summed E-state index contributed by atoms with van der Waals surface area (Å²) in [6, 6.07) is 6.16. The van der Waals surface area contributed by atoms with Crippen molar-refractivity contribution in [3.05, 3.63) is 47.5 Å². The number of hydrogen-bond donors (Lipinski definition) is 1. The lowest BCUT2D eigenvalue weighted by molar-refractivity contribution is 0.208. The lowest BCUT2D eigenvalue weighted by Crippen LogP contribution is -2.41. The van der Waals surface area contributed by atoms with Crippen LogP contribution in [-0.2, 0) is 6.54 Å². The first-order chi connectivity index (χ1) is 10.3. The number of rotatable bonds is 4. The lowest BCUT2D eigenvalue weighted by Gasteiger charge is -2.33. The van der Waals surface area contributed by atoms with Gasteiger partial charge in [-0.15, -0.1) is 0 Å². The Morgan fingerprint density at radius 1 is 1.19 bits per heavy atom. The fourth-order valence-electron chi connectivity index (χ4n) is 2.65. The van der Waals surface area contributed by atoms with E-state index >= 15 is 0 Å². The molecule has 5 nitrogen and oxygen atoms in total. The number of halogens is 1. The van der Waals surface area contributed by atoms with Crippen molar-refractivity contribution < 1.29 is 0 Å². The van der Waals surface area contributed by atoms with Gasteiger partial charge in [0, 0.05) is 43.3 Å². The summed E-state index contributed by atoms with van der Waals surface area (Å²) in [6.07, 6.45) is 7.52. The van der Waals surface area contributed by atoms with Crippen LogP contribution in [0.15, 0.2) is 36.8 Å². The lowest BCUT2D eigenvalue weighted by atomic mass is 10.1. The van der Waals surface area contributed by atoms with Gasteiger partial charge in [0.25, 0.3) is 0 Å². The van der Waals surface area contributed by atoms with Crippen LogP contribution in [0.1, 0.15) is 18.4 Å². The van der Waals surface area contributed by atoms with E-state index in [1.165, 1.54) is 0 Å². The largest absolute Gasteiger partial charge is 0.350 e. The van der Waals surface area contributed by atoms with Gasteiger partial charge in [-0.2, -0.15) is 0 Å². The maximum atomic E-state index is 6.14. The molecule has 6 heteroatoms. The minimum Gasteiger partial charge on any atom is -0.350 e. The zero-order valence-electron chi connectivity index (χ0n) is 11.7. The van der Waals surface area contributed by atoms with Crippen molar-refractivity contribution in [2.75, 3.05) is 18.4 Å². The number of nitrogens with one attached hydrogen (secondary N) is 1. The van der Waals surface area contributed by atoms with Crippen molar-refractivity contribution in [2.24, 2.45) is 0 Å². The second-order valence-electron chi connectivity index (χ2n) is 5.24. The summed E-state index contributed by atoms with van der Waals surface area (Å²) in [5.41, 5.74) is 1.08. The van der Waals surface area contributed by atoms with Crippen molar-refractivity contribution in [1.82, 2.24) is 19.9 Å². The van der Waals surface area contributed by atoms with Crippen molar-refractivity contribution in [2.45, 2.75) is 25.4 Å². The number of aromatic nitrogens is 3. The van der Waals surface area contributed by atoms with Gasteiger partial charge in [-0.05, 0) is 31.5 Å². The molecular weight excluding hydrogens is 286 g/mol. The van der Waals surface area contributed by atoms with E-state index in [-0.39, 0.29) is 0 Å². The SMILES string of the molecule is Clc1ncccc1CN1CCCC(Nc2ncccn2)C1. The molecule has 110 valence electrons. The van der Waals surface area contributed by atoms with Crippen LogP contribution in [0.4, 0.5) is 5.95 Å². The van der Waals surface area contributed by atoms with Gasteiger partial charge in [0.1, 0.15) is 5.15 Å². The average Bonchev–Trinajstić information content (AvgIpc) is 2.51. The van der Waals surface area contributed by atoms with Gasteiger partial charge in [-0.3, -0.25) is 4.90 Å². The van der Waals surface area contributed by atoms with E-state index in [9.17, 15) is 0 Å². The molecule has 0 saturated carbocycles. The van der Waals surface area contributed by atoms with Crippen LogP contribution in [0, 0.1) is 0 Å². The molecular formula is C15H18ClN5. The summed E-state index contributed by atoms with van der Waals surface area (Å²) in [5.74, 6) is 0.698. The highest BCUT2D eigenvalue weighted by molar-refractivity contribution is 6.30. The molecule has 2 aromatic rings. The van der Waals surface area contributed by atoms with Crippen LogP contribution in [0.25, 0.3) is 0 Å². The molecule has 0 radical (unpaired) electrons. The molecule has 0 aromatic carbocycles. The van der Waals surface area contributed by atoms with Crippen molar-refractivity contribution >= 4 is 17.5 Å². The highest BCUT2D eigenvalue weighted by atomic mass is 35.5. The van der Waals surface area contributed by atoms with Crippen molar-refractivity contribution in [3.63, 3.8) is 0 Å². The van der Waals surface area contributed by atoms with Crippen LogP contribution in [0.2, 0.25) is 5.15 Å². The van der Waals surface area contributed by atoms with Gasteiger partial charge < -0.3 is 5.32 Å². The van der Waals surface area contributed by atoms with Crippen LogP contribution >= 0.6 is 11.6 Å². The number of pyridine rings is 1. The monoisotopic (exact) mass is 303 g/mol. The van der Waals surface area contributed by atoms with Crippen LogP contribution in [0.5, 0.6) is 0 Å². The quantitative estimate of drug-likeness (QED) is 0.880. The molecule has 3 rings (SSSR count). The van der Waals surface area contributed by atoms with Crippen LogP contribution < -0.4 is 5.32 Å². The third-order valence-corrected chi connectivity index (χ3v) is 3.98. The van der Waals surface area contributed by atoms with Crippen LogP contribution in [-0.4, -0.2) is 39.0 Å². The molecule has 0 bridgehead atoms. The third kappa shape index (κ3) is 3.89. The Kier molecular flexibility index (Phi) is 4.62. The van der Waals surface area contributed by atoms with E-state index in [2.05, 4.69) is 25.2 Å². The van der Waals surface area contributed by atoms with E-state index in [4.69, 9.17) is 11.6 Å². The topological polar surface area (TPSA) is 53.9 Å². The predicted molar refractivity (Wildman–Crippen MR) is 83.2 cm³/mol.